The number of carbonyl (C=O) groups excluding carboxylic acids is 2. The molecule has 1 N–H and O–H groups in total. The molecule has 1 saturated heterocycles. The molecule has 34 heavy (non-hydrogen) atoms. The van der Waals surface area contributed by atoms with Crippen molar-refractivity contribution in [2.24, 2.45) is 5.92 Å². The maximum atomic E-state index is 13.8. The first kappa shape index (κ1) is 25.8. The van der Waals surface area contributed by atoms with Crippen LogP contribution < -0.4 is 10.2 Å². The molecule has 1 atom stereocenters. The molecule has 2 amide bonds. The van der Waals surface area contributed by atoms with E-state index in [0.717, 1.165) is 16.3 Å². The van der Waals surface area contributed by atoms with Crippen molar-refractivity contribution in [3.05, 3.63) is 59.4 Å². The molecule has 7 nitrogen and oxygen atoms in total. The Bertz CT molecular complexity index is 1180. The highest BCUT2D eigenvalue weighted by Gasteiger charge is 2.51. The van der Waals surface area contributed by atoms with Gasteiger partial charge in [0.15, 0.2) is 0 Å². The van der Waals surface area contributed by atoms with Gasteiger partial charge in [0.25, 0.3) is 0 Å². The van der Waals surface area contributed by atoms with Gasteiger partial charge in [0.1, 0.15) is 11.4 Å². The van der Waals surface area contributed by atoms with Crippen LogP contribution in [0.2, 0.25) is 0 Å². The number of anilines is 1. The van der Waals surface area contributed by atoms with Gasteiger partial charge >= 0.3 is 0 Å². The predicted molar refractivity (Wildman–Crippen MR) is 129 cm³/mol. The van der Waals surface area contributed by atoms with Crippen LogP contribution in [0.4, 0.5) is 10.1 Å². The van der Waals surface area contributed by atoms with Crippen LogP contribution in [-0.2, 0) is 19.6 Å². The van der Waals surface area contributed by atoms with Crippen molar-refractivity contribution in [1.82, 2.24) is 9.62 Å². The summed E-state index contributed by atoms with van der Waals surface area (Å²) in [6.45, 7) is 8.84. The number of nitrogens with zero attached hydrogens (tertiary/aromatic N) is 2. The summed E-state index contributed by atoms with van der Waals surface area (Å²) in [5, 5.41) is 2.87. The molecular formula is C25H32FN3O4S. The van der Waals surface area contributed by atoms with Gasteiger partial charge in [-0.3, -0.25) is 14.5 Å². The maximum Gasteiger partial charge on any atom is 0.247 e. The van der Waals surface area contributed by atoms with E-state index in [9.17, 15) is 22.4 Å². The minimum atomic E-state index is -4.03. The zero-order chi connectivity index (χ0) is 25.3. The molecule has 0 aliphatic carbocycles. The Morgan fingerprint density at radius 1 is 1.15 bits per heavy atom. The van der Waals surface area contributed by atoms with Crippen LogP contribution in [0.1, 0.15) is 38.3 Å². The van der Waals surface area contributed by atoms with Crippen molar-refractivity contribution in [3.63, 3.8) is 0 Å². The summed E-state index contributed by atoms with van der Waals surface area (Å²) in [6.07, 6.45) is 0.733. The first-order valence-electron chi connectivity index (χ1n) is 11.3. The van der Waals surface area contributed by atoms with Crippen molar-refractivity contribution in [1.29, 1.82) is 0 Å². The minimum Gasteiger partial charge on any atom is -0.354 e. The number of hydrogen-bond donors (Lipinski definition) is 1. The molecule has 2 aromatic rings. The zero-order valence-corrected chi connectivity index (χ0v) is 21.1. The van der Waals surface area contributed by atoms with Crippen molar-refractivity contribution in [2.75, 3.05) is 24.5 Å². The number of piperazine rings is 1. The van der Waals surface area contributed by atoms with Crippen molar-refractivity contribution in [3.8, 4) is 0 Å². The zero-order valence-electron chi connectivity index (χ0n) is 20.3. The Morgan fingerprint density at radius 3 is 2.38 bits per heavy atom. The van der Waals surface area contributed by atoms with E-state index < -0.39 is 39.7 Å². The van der Waals surface area contributed by atoms with E-state index in [4.69, 9.17) is 0 Å². The molecule has 0 spiro atoms. The lowest BCUT2D eigenvalue weighted by molar-refractivity contribution is -0.132. The molecular weight excluding hydrogens is 457 g/mol. The quantitative estimate of drug-likeness (QED) is 0.646. The van der Waals surface area contributed by atoms with E-state index in [1.807, 2.05) is 20.8 Å². The smallest absolute Gasteiger partial charge is 0.247 e. The molecule has 0 saturated carbocycles. The van der Waals surface area contributed by atoms with Crippen LogP contribution >= 0.6 is 0 Å². The standard InChI is InChI=1S/C25H32FN3O4S/c1-17(2)12-13-27-24(31)25(5)16-28(34(32,33)21-9-6-18(3)7-10-21)15-23(30)29(25)22-11-8-20(26)14-19(22)4/h6-11,14,17H,12-13,15-16H2,1-5H3,(H,27,31)/t25-/m1/s1. The number of carbonyl (C=O) groups is 2. The number of hydrogen-bond acceptors (Lipinski definition) is 4. The van der Waals surface area contributed by atoms with Crippen LogP contribution in [-0.4, -0.2) is 49.7 Å². The van der Waals surface area contributed by atoms with Gasteiger partial charge in [0.05, 0.1) is 11.4 Å². The molecule has 1 aliphatic heterocycles. The average Bonchev–Trinajstić information content (AvgIpc) is 2.74. The lowest BCUT2D eigenvalue weighted by Crippen LogP contribution is -2.70. The molecule has 1 fully saturated rings. The summed E-state index contributed by atoms with van der Waals surface area (Å²) < 4.78 is 41.6. The number of aryl methyl sites for hydroxylation is 2. The molecule has 184 valence electrons. The predicted octanol–water partition coefficient (Wildman–Crippen LogP) is 3.40. The van der Waals surface area contributed by atoms with Crippen LogP contribution in [0.25, 0.3) is 0 Å². The molecule has 0 aromatic heterocycles. The second kappa shape index (κ2) is 9.84. The second-order valence-electron chi connectivity index (χ2n) is 9.46. The number of nitrogens with one attached hydrogen (secondary N) is 1. The summed E-state index contributed by atoms with van der Waals surface area (Å²) in [5.74, 6) is -1.13. The fourth-order valence-electron chi connectivity index (χ4n) is 4.10. The highest BCUT2D eigenvalue weighted by atomic mass is 32.2. The van der Waals surface area contributed by atoms with E-state index in [1.54, 1.807) is 26.0 Å². The van der Waals surface area contributed by atoms with Gasteiger partial charge in [0, 0.05) is 18.8 Å². The number of amides is 2. The number of benzene rings is 2. The van der Waals surface area contributed by atoms with E-state index >= 15 is 0 Å². The SMILES string of the molecule is Cc1ccc(S(=O)(=O)N2CC(=O)N(c3ccc(F)cc3C)[C@@](C)(C(=O)NCCC(C)C)C2)cc1. The molecule has 1 aliphatic rings. The van der Waals surface area contributed by atoms with Crippen LogP contribution in [0.15, 0.2) is 47.4 Å². The highest BCUT2D eigenvalue weighted by Crippen LogP contribution is 2.34. The van der Waals surface area contributed by atoms with Crippen molar-refractivity contribution in [2.45, 2.75) is 51.5 Å². The van der Waals surface area contributed by atoms with E-state index in [-0.39, 0.29) is 11.4 Å². The van der Waals surface area contributed by atoms with Crippen molar-refractivity contribution >= 4 is 27.5 Å². The second-order valence-corrected chi connectivity index (χ2v) is 11.4. The topological polar surface area (TPSA) is 86.8 Å². The molecule has 2 aromatic carbocycles. The van der Waals surface area contributed by atoms with Gasteiger partial charge in [-0.15, -0.1) is 0 Å². The largest absolute Gasteiger partial charge is 0.354 e. The molecule has 0 bridgehead atoms. The molecule has 1 heterocycles. The third-order valence-electron chi connectivity index (χ3n) is 6.09. The van der Waals surface area contributed by atoms with Crippen LogP contribution in [0.3, 0.4) is 0 Å². The van der Waals surface area contributed by atoms with Gasteiger partial charge < -0.3 is 5.32 Å². The van der Waals surface area contributed by atoms with Gasteiger partial charge in [-0.25, -0.2) is 12.8 Å². The van der Waals surface area contributed by atoms with E-state index in [2.05, 4.69) is 5.32 Å². The normalized spacial score (nSPS) is 19.5. The van der Waals surface area contributed by atoms with Gasteiger partial charge in [-0.2, -0.15) is 4.31 Å². The Labute approximate surface area is 201 Å². The lowest BCUT2D eigenvalue weighted by atomic mass is 9.93. The lowest BCUT2D eigenvalue weighted by Gasteiger charge is -2.47. The number of rotatable bonds is 7. The summed E-state index contributed by atoms with van der Waals surface area (Å²) >= 11 is 0. The Balaban J connectivity index is 2.04. The summed E-state index contributed by atoms with van der Waals surface area (Å²) in [6, 6.07) is 10.3. The number of sulfonamides is 1. The van der Waals surface area contributed by atoms with E-state index in [0.29, 0.717) is 23.7 Å². The van der Waals surface area contributed by atoms with E-state index in [1.165, 1.54) is 35.2 Å². The third kappa shape index (κ3) is 5.15. The summed E-state index contributed by atoms with van der Waals surface area (Å²) in [5.41, 5.74) is 0.220. The minimum absolute atomic E-state index is 0.0554. The average molecular weight is 490 g/mol. The van der Waals surface area contributed by atoms with Crippen LogP contribution in [0.5, 0.6) is 0 Å². The highest BCUT2D eigenvalue weighted by molar-refractivity contribution is 7.89. The first-order chi connectivity index (χ1) is 15.9. The third-order valence-corrected chi connectivity index (χ3v) is 7.90. The van der Waals surface area contributed by atoms with Gasteiger partial charge in [-0.1, -0.05) is 31.5 Å². The van der Waals surface area contributed by atoms with Crippen molar-refractivity contribution < 1.29 is 22.4 Å². The van der Waals surface area contributed by atoms with Gasteiger partial charge in [-0.05, 0) is 69.0 Å². The number of halogens is 1. The molecule has 3 rings (SSSR count). The maximum absolute atomic E-state index is 13.8. The van der Waals surface area contributed by atoms with Gasteiger partial charge in [0.2, 0.25) is 21.8 Å². The molecule has 9 heteroatoms. The first-order valence-corrected chi connectivity index (χ1v) is 12.7. The molecule has 0 unspecified atom stereocenters. The monoisotopic (exact) mass is 489 g/mol. The summed E-state index contributed by atoms with van der Waals surface area (Å²) in [4.78, 5) is 28.3. The fraction of sp³-hybridized carbons (Fsp3) is 0.440. The Hall–Kier alpha value is -2.78. The summed E-state index contributed by atoms with van der Waals surface area (Å²) in [7, 11) is -4.03. The Kier molecular flexibility index (Phi) is 7.47. The fourth-order valence-corrected chi connectivity index (χ4v) is 5.58. The van der Waals surface area contributed by atoms with Crippen LogP contribution in [0, 0.1) is 25.6 Å². The Morgan fingerprint density at radius 2 is 1.79 bits per heavy atom. The molecule has 0 radical (unpaired) electrons.